The molecule has 1 aromatic carbocycles. The van der Waals surface area contributed by atoms with Gasteiger partial charge in [0, 0.05) is 32.6 Å². The molecule has 0 fully saturated rings. The van der Waals surface area contributed by atoms with Gasteiger partial charge in [0.15, 0.2) is 0 Å². The Hall–Kier alpha value is -3.44. The Labute approximate surface area is 198 Å². The fourth-order valence-corrected chi connectivity index (χ4v) is 5.41. The molecule has 0 saturated heterocycles. The number of aryl methyl sites for hydroxylation is 1. The second kappa shape index (κ2) is 8.73. The fourth-order valence-electron chi connectivity index (χ4n) is 4.14. The lowest BCUT2D eigenvalue weighted by Crippen LogP contribution is -2.39. The number of carbonyl (C=O) groups is 1. The summed E-state index contributed by atoms with van der Waals surface area (Å²) in [6.07, 6.45) is 0. The van der Waals surface area contributed by atoms with Gasteiger partial charge in [0.25, 0.3) is 11.5 Å². The van der Waals surface area contributed by atoms with Crippen molar-refractivity contribution in [1.82, 2.24) is 23.3 Å². The lowest BCUT2D eigenvalue weighted by atomic mass is 10.1. The number of hydrogen-bond acceptors (Lipinski definition) is 6. The van der Waals surface area contributed by atoms with Gasteiger partial charge in [0.05, 0.1) is 35.6 Å². The largest absolute Gasteiger partial charge is 0.331 e. The Morgan fingerprint density at radius 3 is 2.26 bits per heavy atom. The van der Waals surface area contributed by atoms with Crippen LogP contribution in [0.15, 0.2) is 38.6 Å². The molecule has 180 valence electrons. The highest BCUT2D eigenvalue weighted by atomic mass is 32.1. The van der Waals surface area contributed by atoms with Gasteiger partial charge in [0.1, 0.15) is 4.83 Å². The number of amides is 1. The van der Waals surface area contributed by atoms with Crippen molar-refractivity contribution in [3.05, 3.63) is 66.0 Å². The van der Waals surface area contributed by atoms with Crippen LogP contribution in [0.2, 0.25) is 0 Å². The molecule has 4 rings (SSSR count). The van der Waals surface area contributed by atoms with Gasteiger partial charge in [-0.05, 0) is 18.1 Å². The van der Waals surface area contributed by atoms with Crippen molar-refractivity contribution in [3.8, 4) is 0 Å². The van der Waals surface area contributed by atoms with Crippen LogP contribution < -0.4 is 16.9 Å². The van der Waals surface area contributed by atoms with Crippen molar-refractivity contribution in [2.45, 2.75) is 26.9 Å². The van der Waals surface area contributed by atoms with E-state index in [4.69, 9.17) is 4.84 Å². The third kappa shape index (κ3) is 3.61. The predicted octanol–water partition coefficient (Wildman–Crippen LogP) is 1.75. The minimum absolute atomic E-state index is 0.0667. The third-order valence-electron chi connectivity index (χ3n) is 5.92. The standard InChI is InChI=1S/C23H27N5O5S/c1-13(2)11-28-21-18(19(29)25(4)23(28)32)17(20(30)26(5)33-6)16(34-21)12-27-15-10-8-7-9-14(15)24(3)22(27)31/h7-10,13H,11-12H2,1-6H3. The molecular weight excluding hydrogens is 458 g/mol. The van der Waals surface area contributed by atoms with E-state index in [0.717, 1.165) is 15.1 Å². The van der Waals surface area contributed by atoms with Crippen molar-refractivity contribution in [2.24, 2.45) is 20.0 Å². The van der Waals surface area contributed by atoms with Gasteiger partial charge >= 0.3 is 11.4 Å². The van der Waals surface area contributed by atoms with E-state index in [1.807, 2.05) is 38.1 Å². The predicted molar refractivity (Wildman–Crippen MR) is 132 cm³/mol. The van der Waals surface area contributed by atoms with Gasteiger partial charge in [-0.1, -0.05) is 26.0 Å². The average molecular weight is 486 g/mol. The normalized spacial score (nSPS) is 11.7. The van der Waals surface area contributed by atoms with E-state index < -0.39 is 17.2 Å². The van der Waals surface area contributed by atoms with Crippen molar-refractivity contribution >= 4 is 38.5 Å². The first-order chi connectivity index (χ1) is 16.1. The fraction of sp³-hybridized carbons (Fsp3) is 0.391. The van der Waals surface area contributed by atoms with E-state index in [-0.39, 0.29) is 29.1 Å². The molecule has 0 aliphatic heterocycles. The van der Waals surface area contributed by atoms with E-state index in [1.54, 1.807) is 16.2 Å². The molecule has 0 aliphatic rings. The maximum absolute atomic E-state index is 13.4. The maximum Gasteiger partial charge on any atom is 0.331 e. The Kier molecular flexibility index (Phi) is 6.09. The molecule has 10 nitrogen and oxygen atoms in total. The Morgan fingerprint density at radius 1 is 1.03 bits per heavy atom. The second-order valence-corrected chi connectivity index (χ2v) is 9.72. The first-order valence-electron chi connectivity index (χ1n) is 10.8. The molecule has 0 aliphatic carbocycles. The molecule has 0 bridgehead atoms. The number of carbonyl (C=O) groups excluding carboxylic acids is 1. The Balaban J connectivity index is 2.08. The SMILES string of the molecule is CON(C)C(=O)c1c(Cn2c(=O)n(C)c3ccccc32)sc2c1c(=O)n(C)c(=O)n2CC(C)C. The zero-order chi connectivity index (χ0) is 24.9. The van der Waals surface area contributed by atoms with Crippen molar-refractivity contribution in [3.63, 3.8) is 0 Å². The first kappa shape index (κ1) is 23.7. The summed E-state index contributed by atoms with van der Waals surface area (Å²) in [4.78, 5) is 58.7. The van der Waals surface area contributed by atoms with Crippen LogP contribution in [-0.4, -0.2) is 43.4 Å². The Bertz CT molecular complexity index is 1600. The lowest BCUT2D eigenvalue weighted by Gasteiger charge is -2.15. The summed E-state index contributed by atoms with van der Waals surface area (Å²) in [6.45, 7) is 4.39. The van der Waals surface area contributed by atoms with Gasteiger partial charge in [0.2, 0.25) is 0 Å². The quantitative estimate of drug-likeness (QED) is 0.388. The van der Waals surface area contributed by atoms with Crippen molar-refractivity contribution in [1.29, 1.82) is 0 Å². The molecule has 0 N–H and O–H groups in total. The minimum Gasteiger partial charge on any atom is -0.295 e. The molecule has 11 heteroatoms. The molecule has 0 atom stereocenters. The molecule has 3 heterocycles. The highest BCUT2D eigenvalue weighted by Crippen LogP contribution is 2.31. The molecule has 3 aromatic heterocycles. The van der Waals surface area contributed by atoms with Crippen LogP contribution in [0, 0.1) is 5.92 Å². The number of hydroxylamine groups is 2. The van der Waals surface area contributed by atoms with Crippen LogP contribution in [0.3, 0.4) is 0 Å². The second-order valence-electron chi connectivity index (χ2n) is 8.63. The van der Waals surface area contributed by atoms with E-state index in [9.17, 15) is 19.2 Å². The number of benzene rings is 1. The zero-order valence-electron chi connectivity index (χ0n) is 20.0. The average Bonchev–Trinajstić information content (AvgIpc) is 3.31. The molecule has 0 unspecified atom stereocenters. The topological polar surface area (TPSA) is 100 Å². The van der Waals surface area contributed by atoms with Crippen LogP contribution in [0.1, 0.15) is 29.1 Å². The van der Waals surface area contributed by atoms with Crippen LogP contribution in [0.5, 0.6) is 0 Å². The number of aromatic nitrogens is 4. The summed E-state index contributed by atoms with van der Waals surface area (Å²) in [6, 6.07) is 7.37. The third-order valence-corrected chi connectivity index (χ3v) is 7.12. The Morgan fingerprint density at radius 2 is 1.65 bits per heavy atom. The molecular formula is C23H27N5O5S. The smallest absolute Gasteiger partial charge is 0.295 e. The minimum atomic E-state index is -0.555. The van der Waals surface area contributed by atoms with Gasteiger partial charge in [-0.15, -0.1) is 11.3 Å². The maximum atomic E-state index is 13.4. The number of hydrogen-bond donors (Lipinski definition) is 0. The highest BCUT2D eigenvalue weighted by molar-refractivity contribution is 7.19. The van der Waals surface area contributed by atoms with Gasteiger partial charge in [-0.3, -0.25) is 32.7 Å². The van der Waals surface area contributed by atoms with Crippen LogP contribution >= 0.6 is 11.3 Å². The molecule has 0 spiro atoms. The molecule has 1 amide bonds. The number of fused-ring (bicyclic) bond motifs is 2. The first-order valence-corrected chi connectivity index (χ1v) is 11.6. The van der Waals surface area contributed by atoms with Crippen LogP contribution in [-0.2, 0) is 32.0 Å². The van der Waals surface area contributed by atoms with Crippen molar-refractivity contribution < 1.29 is 9.63 Å². The van der Waals surface area contributed by atoms with E-state index in [1.165, 1.54) is 37.1 Å². The number of thiophene rings is 1. The summed E-state index contributed by atoms with van der Waals surface area (Å²) >= 11 is 1.18. The summed E-state index contributed by atoms with van der Waals surface area (Å²) in [7, 11) is 5.90. The number of rotatable bonds is 6. The van der Waals surface area contributed by atoms with E-state index in [2.05, 4.69) is 0 Å². The van der Waals surface area contributed by atoms with Gasteiger partial charge in [-0.2, -0.15) is 0 Å². The summed E-state index contributed by atoms with van der Waals surface area (Å²) in [5, 5.41) is 1.19. The van der Waals surface area contributed by atoms with Crippen LogP contribution in [0.4, 0.5) is 0 Å². The van der Waals surface area contributed by atoms with E-state index in [0.29, 0.717) is 21.8 Å². The number of nitrogens with zero attached hydrogens (tertiary/aromatic N) is 5. The van der Waals surface area contributed by atoms with Crippen molar-refractivity contribution in [2.75, 3.05) is 14.2 Å². The monoisotopic (exact) mass is 485 g/mol. The molecule has 0 saturated carbocycles. The molecule has 0 radical (unpaired) electrons. The summed E-state index contributed by atoms with van der Waals surface area (Å²) in [5.41, 5.74) is 0.356. The van der Waals surface area contributed by atoms with Gasteiger partial charge < -0.3 is 0 Å². The summed E-state index contributed by atoms with van der Waals surface area (Å²) < 4.78 is 5.66. The molecule has 34 heavy (non-hydrogen) atoms. The van der Waals surface area contributed by atoms with Gasteiger partial charge in [-0.25, -0.2) is 14.7 Å². The summed E-state index contributed by atoms with van der Waals surface area (Å²) in [5.74, 6) is -0.394. The van der Waals surface area contributed by atoms with Crippen LogP contribution in [0.25, 0.3) is 21.3 Å². The molecule has 4 aromatic rings. The number of imidazole rings is 1. The zero-order valence-corrected chi connectivity index (χ0v) is 20.8. The highest BCUT2D eigenvalue weighted by Gasteiger charge is 2.28. The van der Waals surface area contributed by atoms with E-state index >= 15 is 0 Å². The lowest BCUT2D eigenvalue weighted by molar-refractivity contribution is -0.0756. The number of para-hydroxylation sites is 2.